The van der Waals surface area contributed by atoms with Crippen molar-refractivity contribution in [2.75, 3.05) is 14.1 Å². The molecule has 0 amide bonds. The lowest BCUT2D eigenvalue weighted by molar-refractivity contribution is -0.462. The normalized spacial score (nSPS) is 15.7. The maximum atomic E-state index is 4.56. The lowest BCUT2D eigenvalue weighted by Gasteiger charge is -2.18. The third-order valence-electron chi connectivity index (χ3n) is 4.49. The minimum Gasteiger partial charge on any atom is -1.00 e. The van der Waals surface area contributed by atoms with Gasteiger partial charge in [-0.15, -0.1) is 0 Å². The fourth-order valence-corrected chi connectivity index (χ4v) is 4.09. The molecule has 4 heteroatoms. The smallest absolute Gasteiger partial charge is 0.199 e. The molecule has 0 bridgehead atoms. The first-order chi connectivity index (χ1) is 13.2. The van der Waals surface area contributed by atoms with Gasteiger partial charge in [0.2, 0.25) is 0 Å². The highest BCUT2D eigenvalue weighted by Gasteiger charge is 2.17. The first-order valence-electron chi connectivity index (χ1n) is 8.93. The van der Waals surface area contributed by atoms with Crippen LogP contribution >= 0.6 is 11.8 Å². The van der Waals surface area contributed by atoms with Crippen LogP contribution in [-0.2, 0) is 0 Å². The van der Waals surface area contributed by atoms with Crippen LogP contribution in [-0.4, -0.2) is 29.4 Å². The van der Waals surface area contributed by atoms with E-state index in [1.165, 1.54) is 32.2 Å². The van der Waals surface area contributed by atoms with Gasteiger partial charge in [-0.25, -0.2) is 4.58 Å². The molecular weight excluding hydrogens is 384 g/mol. The molecule has 140 valence electrons. The van der Waals surface area contributed by atoms with Crippen LogP contribution in [0.25, 0.3) is 9.81 Å². The zero-order valence-electron chi connectivity index (χ0n) is 15.8. The molecule has 2 nitrogen and oxygen atoms in total. The zero-order valence-corrected chi connectivity index (χ0v) is 17.4. The highest BCUT2D eigenvalue weighted by atomic mass is 35.5. The quantitative estimate of drug-likeness (QED) is 0.714. The first-order valence-corrected chi connectivity index (χ1v) is 9.75. The Balaban J connectivity index is 0.00000225. The van der Waals surface area contributed by atoms with Gasteiger partial charge in [-0.05, 0) is 53.1 Å². The zero-order chi connectivity index (χ0) is 18.6. The molecule has 1 aliphatic heterocycles. The SMILES string of the molecule is C[N+](C)=C1C=CC(=C2C=C(c3ccccc3)SC(c3ccccn3)=C2)C=C1.[Cl-]. The second-order valence-electron chi connectivity index (χ2n) is 6.60. The van der Waals surface area contributed by atoms with Gasteiger partial charge in [-0.1, -0.05) is 48.2 Å². The summed E-state index contributed by atoms with van der Waals surface area (Å²) in [5.74, 6) is 0. The fourth-order valence-electron chi connectivity index (χ4n) is 3.00. The van der Waals surface area contributed by atoms with E-state index in [1.807, 2.05) is 18.3 Å². The highest BCUT2D eigenvalue weighted by molar-refractivity contribution is 8.16. The summed E-state index contributed by atoms with van der Waals surface area (Å²) < 4.78 is 2.12. The summed E-state index contributed by atoms with van der Waals surface area (Å²) in [6.45, 7) is 0. The predicted octanol–water partition coefficient (Wildman–Crippen LogP) is 2.35. The van der Waals surface area contributed by atoms with Gasteiger partial charge in [0, 0.05) is 28.2 Å². The molecule has 0 saturated heterocycles. The second-order valence-corrected chi connectivity index (χ2v) is 7.68. The number of allylic oxidation sites excluding steroid dienone is 8. The third-order valence-corrected chi connectivity index (χ3v) is 5.61. The van der Waals surface area contributed by atoms with Crippen LogP contribution in [0, 0.1) is 0 Å². The Bertz CT molecular complexity index is 963. The summed E-state index contributed by atoms with van der Waals surface area (Å²) in [5.41, 5.74) is 5.85. The van der Waals surface area contributed by atoms with Crippen molar-refractivity contribution < 1.29 is 17.0 Å². The van der Waals surface area contributed by atoms with Gasteiger partial charge in [-0.3, -0.25) is 4.98 Å². The summed E-state index contributed by atoms with van der Waals surface area (Å²) in [6.07, 6.45) is 15.1. The molecule has 0 atom stereocenters. The number of benzene rings is 1. The summed E-state index contributed by atoms with van der Waals surface area (Å²) in [4.78, 5) is 6.97. The molecule has 2 aliphatic rings. The third kappa shape index (κ3) is 4.44. The minimum atomic E-state index is 0. The van der Waals surface area contributed by atoms with Gasteiger partial charge < -0.3 is 12.4 Å². The molecule has 0 N–H and O–H groups in total. The molecule has 1 aromatic heterocycles. The van der Waals surface area contributed by atoms with E-state index in [-0.39, 0.29) is 12.4 Å². The summed E-state index contributed by atoms with van der Waals surface area (Å²) >= 11 is 1.77. The van der Waals surface area contributed by atoms with Crippen LogP contribution in [0.15, 0.2) is 102 Å². The average Bonchev–Trinajstić information content (AvgIpc) is 2.75. The van der Waals surface area contributed by atoms with Crippen molar-refractivity contribution in [3.8, 4) is 0 Å². The number of hydrogen-bond donors (Lipinski definition) is 0. The fraction of sp³-hybridized carbons (Fsp3) is 0.0833. The Morgan fingerprint density at radius 3 is 2.07 bits per heavy atom. The van der Waals surface area contributed by atoms with Crippen molar-refractivity contribution in [2.24, 2.45) is 0 Å². The number of nitrogens with zero attached hydrogens (tertiary/aromatic N) is 2. The maximum absolute atomic E-state index is 4.56. The minimum absolute atomic E-state index is 0. The number of rotatable bonds is 2. The van der Waals surface area contributed by atoms with Crippen LogP contribution in [0.5, 0.6) is 0 Å². The number of aromatic nitrogens is 1. The Morgan fingerprint density at radius 1 is 0.750 bits per heavy atom. The van der Waals surface area contributed by atoms with E-state index in [0.29, 0.717) is 0 Å². The molecular formula is C24H21ClN2S. The molecule has 1 aliphatic carbocycles. The Labute approximate surface area is 176 Å². The van der Waals surface area contributed by atoms with Gasteiger partial charge in [0.15, 0.2) is 5.71 Å². The van der Waals surface area contributed by atoms with Crippen LogP contribution in [0.1, 0.15) is 11.3 Å². The molecule has 4 rings (SSSR count). The summed E-state index contributed by atoms with van der Waals surface area (Å²) in [5, 5.41) is 0. The van der Waals surface area contributed by atoms with E-state index >= 15 is 0 Å². The van der Waals surface area contributed by atoms with Crippen LogP contribution < -0.4 is 12.4 Å². The number of pyridine rings is 1. The van der Waals surface area contributed by atoms with Gasteiger partial charge in [-0.2, -0.15) is 0 Å². The topological polar surface area (TPSA) is 15.9 Å². The van der Waals surface area contributed by atoms with Crippen molar-refractivity contribution >= 4 is 27.3 Å². The van der Waals surface area contributed by atoms with Gasteiger partial charge in [0.1, 0.15) is 14.1 Å². The lowest BCUT2D eigenvalue weighted by atomic mass is 9.99. The van der Waals surface area contributed by atoms with Crippen LogP contribution in [0.2, 0.25) is 0 Å². The molecule has 28 heavy (non-hydrogen) atoms. The lowest BCUT2D eigenvalue weighted by Crippen LogP contribution is -3.00. The van der Waals surface area contributed by atoms with E-state index in [0.717, 1.165) is 5.69 Å². The largest absolute Gasteiger partial charge is 1.00 e. The van der Waals surface area contributed by atoms with E-state index < -0.39 is 0 Å². The van der Waals surface area contributed by atoms with Gasteiger partial charge in [0.05, 0.1) is 5.69 Å². The van der Waals surface area contributed by atoms with E-state index in [1.54, 1.807) is 11.8 Å². The monoisotopic (exact) mass is 404 g/mol. The molecule has 2 aromatic rings. The Morgan fingerprint density at radius 2 is 1.43 bits per heavy atom. The summed E-state index contributed by atoms with van der Waals surface area (Å²) in [6, 6.07) is 16.6. The molecule has 0 unspecified atom stereocenters. The van der Waals surface area contributed by atoms with E-state index in [2.05, 4.69) is 96.5 Å². The molecule has 0 radical (unpaired) electrons. The highest BCUT2D eigenvalue weighted by Crippen LogP contribution is 2.44. The van der Waals surface area contributed by atoms with Crippen LogP contribution in [0.3, 0.4) is 0 Å². The number of hydrogen-bond acceptors (Lipinski definition) is 2. The van der Waals surface area contributed by atoms with Gasteiger partial charge >= 0.3 is 0 Å². The van der Waals surface area contributed by atoms with Crippen molar-refractivity contribution in [1.82, 2.24) is 4.98 Å². The molecule has 1 aromatic carbocycles. The number of halogens is 1. The Hall–Kier alpha value is -2.62. The van der Waals surface area contributed by atoms with E-state index in [4.69, 9.17) is 0 Å². The molecule has 0 fully saturated rings. The molecule has 0 saturated carbocycles. The predicted molar refractivity (Wildman–Crippen MR) is 117 cm³/mol. The van der Waals surface area contributed by atoms with Crippen molar-refractivity contribution in [1.29, 1.82) is 0 Å². The van der Waals surface area contributed by atoms with Crippen molar-refractivity contribution in [3.05, 3.63) is 114 Å². The van der Waals surface area contributed by atoms with Crippen molar-refractivity contribution in [3.63, 3.8) is 0 Å². The second kappa shape index (κ2) is 9.05. The average molecular weight is 405 g/mol. The first kappa shape index (κ1) is 20.1. The van der Waals surface area contributed by atoms with Crippen LogP contribution in [0.4, 0.5) is 0 Å². The maximum Gasteiger partial charge on any atom is 0.199 e. The van der Waals surface area contributed by atoms with Crippen molar-refractivity contribution in [2.45, 2.75) is 0 Å². The molecule has 0 spiro atoms. The van der Waals surface area contributed by atoms with E-state index in [9.17, 15) is 0 Å². The standard InChI is InChI=1S/C24H21N2S.ClH/c1-26(2)21-13-11-18(12-14-21)20-16-23(19-8-4-3-5-9-19)27-24(17-20)22-10-6-7-15-25-22;/h3-17H,1-2H3;1H/q+1;/p-1. The van der Waals surface area contributed by atoms with Gasteiger partial charge in [0.25, 0.3) is 0 Å². The summed E-state index contributed by atoms with van der Waals surface area (Å²) in [7, 11) is 4.12. The number of thioether (sulfide) groups is 1. The molecule has 2 heterocycles. The Kier molecular flexibility index (Phi) is 6.50.